The molecule has 0 fully saturated rings. The van der Waals surface area contributed by atoms with Crippen molar-refractivity contribution in [2.45, 2.75) is 13.3 Å². The number of Topliss-reactive ketones (excluding diaryl/α,β-unsaturated/α-hetero) is 1. The van der Waals surface area contributed by atoms with Crippen LogP contribution in [0.1, 0.15) is 22.3 Å². The minimum absolute atomic E-state index is 0.239. The molecule has 0 aliphatic carbocycles. The van der Waals surface area contributed by atoms with Crippen LogP contribution in [0.15, 0.2) is 18.2 Å². The molecule has 0 aromatic heterocycles. The van der Waals surface area contributed by atoms with Gasteiger partial charge in [-0.3, -0.25) is 9.59 Å². The third-order valence-corrected chi connectivity index (χ3v) is 2.44. The topological polar surface area (TPSA) is 43.4 Å². The molecule has 4 heteroatoms. The first-order valence-corrected chi connectivity index (χ1v) is 4.78. The van der Waals surface area contributed by atoms with E-state index < -0.39 is 5.97 Å². The predicted molar refractivity (Wildman–Crippen MR) is 57.2 cm³/mol. The number of carbonyl (C=O) groups is 2. The Balaban J connectivity index is 2.83. The van der Waals surface area contributed by atoms with E-state index in [0.717, 1.165) is 5.56 Å². The first kappa shape index (κ1) is 11.7. The quantitative estimate of drug-likeness (QED) is 0.452. The molecule has 0 heterocycles. The molecule has 3 nitrogen and oxygen atoms in total. The summed E-state index contributed by atoms with van der Waals surface area (Å²) in [5.41, 5.74) is 1.29. The number of ether oxygens (including phenoxy) is 1. The van der Waals surface area contributed by atoms with Crippen LogP contribution in [0.4, 0.5) is 0 Å². The predicted octanol–water partition coefficient (Wildman–Crippen LogP) is 2.39. The monoisotopic (exact) mass is 226 g/mol. The average molecular weight is 227 g/mol. The van der Waals surface area contributed by atoms with E-state index in [1.165, 1.54) is 7.11 Å². The van der Waals surface area contributed by atoms with Gasteiger partial charge in [0.15, 0.2) is 5.78 Å². The van der Waals surface area contributed by atoms with E-state index >= 15 is 0 Å². The molecule has 0 aliphatic heterocycles. The van der Waals surface area contributed by atoms with Crippen LogP contribution in [-0.4, -0.2) is 18.9 Å². The molecule has 0 saturated carbocycles. The highest BCUT2D eigenvalue weighted by atomic mass is 35.5. The molecule has 0 spiro atoms. The van der Waals surface area contributed by atoms with Crippen LogP contribution in [0.25, 0.3) is 0 Å². The maximum atomic E-state index is 11.5. The number of hydrogen-bond acceptors (Lipinski definition) is 3. The van der Waals surface area contributed by atoms with Gasteiger partial charge in [-0.25, -0.2) is 0 Å². The van der Waals surface area contributed by atoms with Crippen LogP contribution >= 0.6 is 11.6 Å². The zero-order valence-corrected chi connectivity index (χ0v) is 9.30. The summed E-state index contributed by atoms with van der Waals surface area (Å²) < 4.78 is 4.41. The Morgan fingerprint density at radius 1 is 1.40 bits per heavy atom. The van der Waals surface area contributed by atoms with E-state index in [1.54, 1.807) is 25.1 Å². The maximum absolute atomic E-state index is 11.5. The molecule has 0 N–H and O–H groups in total. The molecule has 0 unspecified atom stereocenters. The van der Waals surface area contributed by atoms with Crippen molar-refractivity contribution in [1.29, 1.82) is 0 Å². The van der Waals surface area contributed by atoms with E-state index in [-0.39, 0.29) is 12.2 Å². The summed E-state index contributed by atoms with van der Waals surface area (Å²) in [6.07, 6.45) is -0.239. The fourth-order valence-corrected chi connectivity index (χ4v) is 1.24. The lowest BCUT2D eigenvalue weighted by Gasteiger charge is -2.02. The van der Waals surface area contributed by atoms with Crippen LogP contribution in [0.3, 0.4) is 0 Å². The number of hydrogen-bond donors (Lipinski definition) is 0. The van der Waals surface area contributed by atoms with Gasteiger partial charge in [0.1, 0.15) is 6.42 Å². The lowest BCUT2D eigenvalue weighted by atomic mass is 10.1. The van der Waals surface area contributed by atoms with Crippen LogP contribution in [0.2, 0.25) is 5.02 Å². The summed E-state index contributed by atoms with van der Waals surface area (Å²) in [4.78, 5) is 22.4. The van der Waals surface area contributed by atoms with E-state index in [2.05, 4.69) is 4.74 Å². The van der Waals surface area contributed by atoms with Gasteiger partial charge in [-0.05, 0) is 30.7 Å². The van der Waals surface area contributed by atoms with Crippen molar-refractivity contribution in [2.75, 3.05) is 7.11 Å². The minimum atomic E-state index is -0.535. The van der Waals surface area contributed by atoms with Crippen molar-refractivity contribution < 1.29 is 14.3 Å². The van der Waals surface area contributed by atoms with Crippen LogP contribution < -0.4 is 0 Å². The number of carbonyl (C=O) groups excluding carboxylic acids is 2. The van der Waals surface area contributed by atoms with Gasteiger partial charge in [-0.1, -0.05) is 11.6 Å². The van der Waals surface area contributed by atoms with Crippen LogP contribution in [0.5, 0.6) is 0 Å². The molecule has 0 saturated heterocycles. The second kappa shape index (κ2) is 4.94. The van der Waals surface area contributed by atoms with Gasteiger partial charge in [0.25, 0.3) is 0 Å². The second-order valence-electron chi connectivity index (χ2n) is 3.14. The van der Waals surface area contributed by atoms with Crippen LogP contribution in [0, 0.1) is 6.92 Å². The highest BCUT2D eigenvalue weighted by Gasteiger charge is 2.12. The molecule has 0 atom stereocenters. The summed E-state index contributed by atoms with van der Waals surface area (Å²) in [5.74, 6) is -0.797. The maximum Gasteiger partial charge on any atom is 0.313 e. The third-order valence-electron chi connectivity index (χ3n) is 2.01. The van der Waals surface area contributed by atoms with Gasteiger partial charge in [0, 0.05) is 10.6 Å². The molecule has 0 bridgehead atoms. The van der Waals surface area contributed by atoms with E-state index in [0.29, 0.717) is 10.6 Å². The first-order chi connectivity index (χ1) is 7.04. The summed E-state index contributed by atoms with van der Waals surface area (Å²) in [5, 5.41) is 0.601. The van der Waals surface area contributed by atoms with Gasteiger partial charge in [-0.15, -0.1) is 0 Å². The second-order valence-corrected chi connectivity index (χ2v) is 3.55. The molecule has 15 heavy (non-hydrogen) atoms. The molecular weight excluding hydrogens is 216 g/mol. The van der Waals surface area contributed by atoms with E-state index in [1.807, 2.05) is 0 Å². The van der Waals surface area contributed by atoms with Gasteiger partial charge in [0.05, 0.1) is 7.11 Å². The number of aryl methyl sites for hydroxylation is 1. The van der Waals surface area contributed by atoms with Crippen molar-refractivity contribution in [2.24, 2.45) is 0 Å². The number of benzene rings is 1. The molecule has 0 radical (unpaired) electrons. The number of esters is 1. The van der Waals surface area contributed by atoms with Gasteiger partial charge < -0.3 is 4.74 Å². The molecule has 1 aromatic rings. The Bertz CT molecular complexity index is 399. The summed E-state index contributed by atoms with van der Waals surface area (Å²) in [6.45, 7) is 1.80. The first-order valence-electron chi connectivity index (χ1n) is 4.40. The van der Waals surface area contributed by atoms with Crippen LogP contribution in [-0.2, 0) is 9.53 Å². The average Bonchev–Trinajstić information content (AvgIpc) is 2.21. The summed E-state index contributed by atoms with van der Waals surface area (Å²) in [7, 11) is 1.25. The Morgan fingerprint density at radius 3 is 2.60 bits per heavy atom. The molecule has 1 rings (SSSR count). The van der Waals surface area contributed by atoms with Crippen molar-refractivity contribution in [1.82, 2.24) is 0 Å². The lowest BCUT2D eigenvalue weighted by Crippen LogP contribution is -2.09. The Morgan fingerprint density at radius 2 is 2.07 bits per heavy atom. The summed E-state index contributed by atoms with van der Waals surface area (Å²) >= 11 is 5.82. The highest BCUT2D eigenvalue weighted by molar-refractivity contribution is 6.31. The smallest absolute Gasteiger partial charge is 0.313 e. The summed E-state index contributed by atoms with van der Waals surface area (Å²) in [6, 6.07) is 4.90. The van der Waals surface area contributed by atoms with Crippen molar-refractivity contribution in [3.05, 3.63) is 34.3 Å². The zero-order chi connectivity index (χ0) is 11.4. The van der Waals surface area contributed by atoms with Gasteiger partial charge >= 0.3 is 5.97 Å². The number of ketones is 1. The largest absolute Gasteiger partial charge is 0.469 e. The van der Waals surface area contributed by atoms with Crippen molar-refractivity contribution >= 4 is 23.4 Å². The van der Waals surface area contributed by atoms with E-state index in [4.69, 9.17) is 11.6 Å². The molecule has 0 aliphatic rings. The Labute approximate surface area is 93.0 Å². The van der Waals surface area contributed by atoms with Gasteiger partial charge in [0.2, 0.25) is 0 Å². The minimum Gasteiger partial charge on any atom is -0.469 e. The van der Waals surface area contributed by atoms with E-state index in [9.17, 15) is 9.59 Å². The molecular formula is C11H11ClO3. The lowest BCUT2D eigenvalue weighted by molar-refractivity contribution is -0.139. The molecule has 80 valence electrons. The normalized spacial score (nSPS) is 9.80. The zero-order valence-electron chi connectivity index (χ0n) is 8.54. The standard InChI is InChI=1S/C11H11ClO3/c1-7-5-8(3-4-9(7)12)10(13)6-11(14)15-2/h3-5H,6H2,1-2H3. The fraction of sp³-hybridized carbons (Fsp3) is 0.273. The fourth-order valence-electron chi connectivity index (χ4n) is 1.12. The third kappa shape index (κ3) is 3.06. The highest BCUT2D eigenvalue weighted by Crippen LogP contribution is 2.17. The number of methoxy groups -OCH3 is 1. The number of rotatable bonds is 3. The molecule has 1 aromatic carbocycles. The number of halogens is 1. The van der Waals surface area contributed by atoms with Gasteiger partial charge in [-0.2, -0.15) is 0 Å². The SMILES string of the molecule is COC(=O)CC(=O)c1ccc(Cl)c(C)c1. The molecule has 0 amide bonds. The van der Waals surface area contributed by atoms with Crippen molar-refractivity contribution in [3.63, 3.8) is 0 Å². The van der Waals surface area contributed by atoms with Crippen molar-refractivity contribution in [3.8, 4) is 0 Å². The Kier molecular flexibility index (Phi) is 3.86. The Hall–Kier alpha value is -1.35.